The van der Waals surface area contributed by atoms with Crippen LogP contribution in [0.15, 0.2) is 61.2 Å². The van der Waals surface area contributed by atoms with E-state index in [1.807, 2.05) is 24.3 Å². The molecule has 0 aromatic heterocycles. The number of carboxylic acid groups (broad SMARTS) is 1. The Kier molecular flexibility index (Phi) is 6.49. The number of nitrogens with one attached hydrogen (secondary N) is 1. The van der Waals surface area contributed by atoms with Crippen molar-refractivity contribution in [3.05, 3.63) is 72.3 Å². The SMILES string of the molecule is C=CCN(CC(=O)O)C(=O)C1(CNC(=O)OCC2c3ccccc3-c3ccccc32)CCC1. The molecule has 7 heteroatoms. The van der Waals surface area contributed by atoms with Gasteiger partial charge in [-0.1, -0.05) is 61.0 Å². The Balaban J connectivity index is 1.38. The van der Waals surface area contributed by atoms with Crippen molar-refractivity contribution in [2.24, 2.45) is 5.41 Å². The maximum atomic E-state index is 13.0. The molecule has 33 heavy (non-hydrogen) atoms. The van der Waals surface area contributed by atoms with Gasteiger partial charge in [-0.15, -0.1) is 6.58 Å². The summed E-state index contributed by atoms with van der Waals surface area (Å²) in [6.07, 6.45) is 2.98. The van der Waals surface area contributed by atoms with Crippen molar-refractivity contribution in [1.29, 1.82) is 0 Å². The normalized spacial score (nSPS) is 15.5. The van der Waals surface area contributed by atoms with Gasteiger partial charge in [-0.25, -0.2) is 4.79 Å². The van der Waals surface area contributed by atoms with Crippen LogP contribution < -0.4 is 5.32 Å². The van der Waals surface area contributed by atoms with Gasteiger partial charge >= 0.3 is 12.1 Å². The fourth-order valence-electron chi connectivity index (χ4n) is 4.83. The number of benzene rings is 2. The number of hydrogen-bond donors (Lipinski definition) is 2. The number of ether oxygens (including phenoxy) is 1. The minimum Gasteiger partial charge on any atom is -0.480 e. The Hall–Kier alpha value is -3.61. The van der Waals surface area contributed by atoms with Gasteiger partial charge in [0, 0.05) is 19.0 Å². The van der Waals surface area contributed by atoms with Crippen LogP contribution in [0.2, 0.25) is 0 Å². The average Bonchev–Trinajstić information content (AvgIpc) is 3.10. The van der Waals surface area contributed by atoms with Gasteiger partial charge in [-0.2, -0.15) is 0 Å². The Bertz CT molecular complexity index is 1030. The second kappa shape index (κ2) is 9.48. The summed E-state index contributed by atoms with van der Waals surface area (Å²) in [4.78, 5) is 38.0. The van der Waals surface area contributed by atoms with E-state index in [-0.39, 0.29) is 31.5 Å². The first-order chi connectivity index (χ1) is 15.9. The van der Waals surface area contributed by atoms with E-state index in [0.29, 0.717) is 12.8 Å². The van der Waals surface area contributed by atoms with Crippen LogP contribution in [0, 0.1) is 5.41 Å². The molecule has 2 N–H and O–H groups in total. The molecule has 0 spiro atoms. The summed E-state index contributed by atoms with van der Waals surface area (Å²) in [7, 11) is 0. The van der Waals surface area contributed by atoms with Crippen LogP contribution in [-0.2, 0) is 14.3 Å². The molecule has 2 amide bonds. The lowest BCUT2D eigenvalue weighted by atomic mass is 9.67. The number of aliphatic carboxylic acids is 1. The number of fused-ring (bicyclic) bond motifs is 3. The predicted octanol–water partition coefficient (Wildman–Crippen LogP) is 3.79. The molecular formula is C26H28N2O5. The van der Waals surface area contributed by atoms with Crippen LogP contribution in [0.4, 0.5) is 4.79 Å². The molecule has 0 unspecified atom stereocenters. The molecule has 2 aromatic rings. The highest BCUT2D eigenvalue weighted by atomic mass is 16.5. The Labute approximate surface area is 193 Å². The third-order valence-corrected chi connectivity index (χ3v) is 6.64. The second-order valence-corrected chi connectivity index (χ2v) is 8.68. The molecule has 2 aliphatic carbocycles. The molecule has 0 aliphatic heterocycles. The van der Waals surface area contributed by atoms with E-state index >= 15 is 0 Å². The lowest BCUT2D eigenvalue weighted by Gasteiger charge is -2.43. The highest BCUT2D eigenvalue weighted by Gasteiger charge is 2.46. The van der Waals surface area contributed by atoms with Crippen molar-refractivity contribution >= 4 is 18.0 Å². The third kappa shape index (κ3) is 4.49. The maximum Gasteiger partial charge on any atom is 0.407 e. The first-order valence-corrected chi connectivity index (χ1v) is 11.2. The molecule has 4 rings (SSSR count). The zero-order chi connectivity index (χ0) is 23.4. The van der Waals surface area contributed by atoms with E-state index in [1.165, 1.54) is 11.0 Å². The first kappa shape index (κ1) is 22.6. The van der Waals surface area contributed by atoms with Crippen LogP contribution >= 0.6 is 0 Å². The largest absolute Gasteiger partial charge is 0.480 e. The number of carbonyl (C=O) groups is 3. The van der Waals surface area contributed by atoms with Crippen molar-refractivity contribution in [2.45, 2.75) is 25.2 Å². The summed E-state index contributed by atoms with van der Waals surface area (Å²) in [5.41, 5.74) is 3.78. The monoisotopic (exact) mass is 448 g/mol. The number of carboxylic acids is 1. The van der Waals surface area contributed by atoms with Gasteiger partial charge in [-0.05, 0) is 35.1 Å². The van der Waals surface area contributed by atoms with Gasteiger partial charge in [0.2, 0.25) is 5.91 Å². The zero-order valence-corrected chi connectivity index (χ0v) is 18.5. The summed E-state index contributed by atoms with van der Waals surface area (Å²) in [5.74, 6) is -1.39. The van der Waals surface area contributed by atoms with Gasteiger partial charge in [0.15, 0.2) is 0 Å². The van der Waals surface area contributed by atoms with E-state index in [4.69, 9.17) is 9.84 Å². The third-order valence-electron chi connectivity index (χ3n) is 6.64. The molecular weight excluding hydrogens is 420 g/mol. The standard InChI is InChI=1S/C26H28N2O5/c1-2-14-28(15-23(29)30)24(31)26(12-7-13-26)17-27-25(32)33-16-22-20-10-5-3-8-18(20)19-9-4-6-11-21(19)22/h2-6,8-11,22H,1,7,12-17H2,(H,27,32)(H,29,30). The average molecular weight is 449 g/mol. The van der Waals surface area contributed by atoms with Crippen LogP contribution in [0.25, 0.3) is 11.1 Å². The van der Waals surface area contributed by atoms with E-state index < -0.39 is 24.0 Å². The number of hydrogen-bond acceptors (Lipinski definition) is 4. The minimum absolute atomic E-state index is 0.0407. The van der Waals surface area contributed by atoms with Crippen LogP contribution in [-0.4, -0.2) is 54.2 Å². The van der Waals surface area contributed by atoms with Crippen LogP contribution in [0.5, 0.6) is 0 Å². The topological polar surface area (TPSA) is 95.9 Å². The van der Waals surface area contributed by atoms with E-state index in [2.05, 4.69) is 36.2 Å². The van der Waals surface area contributed by atoms with Crippen molar-refractivity contribution in [3.63, 3.8) is 0 Å². The molecule has 0 saturated heterocycles. The molecule has 0 radical (unpaired) electrons. The zero-order valence-electron chi connectivity index (χ0n) is 18.5. The molecule has 172 valence electrons. The van der Waals surface area contributed by atoms with Crippen molar-refractivity contribution in [2.75, 3.05) is 26.2 Å². The summed E-state index contributed by atoms with van der Waals surface area (Å²) in [6.45, 7) is 3.68. The highest BCUT2D eigenvalue weighted by Crippen LogP contribution is 2.45. The molecule has 7 nitrogen and oxygen atoms in total. The van der Waals surface area contributed by atoms with E-state index in [9.17, 15) is 14.4 Å². The van der Waals surface area contributed by atoms with Crippen molar-refractivity contribution in [1.82, 2.24) is 10.2 Å². The highest BCUT2D eigenvalue weighted by molar-refractivity contribution is 5.87. The number of rotatable bonds is 9. The van der Waals surface area contributed by atoms with E-state index in [1.54, 1.807) is 0 Å². The quantitative estimate of drug-likeness (QED) is 0.569. The van der Waals surface area contributed by atoms with Gasteiger partial charge in [0.1, 0.15) is 13.2 Å². The molecule has 0 bridgehead atoms. The van der Waals surface area contributed by atoms with Crippen LogP contribution in [0.1, 0.15) is 36.3 Å². The van der Waals surface area contributed by atoms with Crippen LogP contribution in [0.3, 0.4) is 0 Å². The summed E-state index contributed by atoms with van der Waals surface area (Å²) in [5, 5.41) is 11.9. The summed E-state index contributed by atoms with van der Waals surface area (Å²) >= 11 is 0. The predicted molar refractivity (Wildman–Crippen MR) is 124 cm³/mol. The molecule has 2 aliphatic rings. The summed E-state index contributed by atoms with van der Waals surface area (Å²) < 4.78 is 5.57. The lowest BCUT2D eigenvalue weighted by molar-refractivity contribution is -0.152. The smallest absolute Gasteiger partial charge is 0.407 e. The lowest BCUT2D eigenvalue weighted by Crippen LogP contribution is -2.54. The maximum absolute atomic E-state index is 13.0. The Morgan fingerprint density at radius 1 is 1.09 bits per heavy atom. The van der Waals surface area contributed by atoms with Crippen molar-refractivity contribution < 1.29 is 24.2 Å². The minimum atomic E-state index is -1.08. The number of amides is 2. The van der Waals surface area contributed by atoms with E-state index in [0.717, 1.165) is 28.7 Å². The van der Waals surface area contributed by atoms with Gasteiger partial charge in [0.25, 0.3) is 0 Å². The molecule has 0 atom stereocenters. The molecule has 1 fully saturated rings. The molecule has 1 saturated carbocycles. The first-order valence-electron chi connectivity index (χ1n) is 11.2. The number of alkyl carbamates (subject to hydrolysis) is 1. The molecule has 0 heterocycles. The Morgan fingerprint density at radius 2 is 1.70 bits per heavy atom. The van der Waals surface area contributed by atoms with Gasteiger partial charge < -0.3 is 20.1 Å². The van der Waals surface area contributed by atoms with Gasteiger partial charge in [0.05, 0.1) is 5.41 Å². The fourth-order valence-corrected chi connectivity index (χ4v) is 4.83. The summed E-state index contributed by atoms with van der Waals surface area (Å²) in [6, 6.07) is 16.2. The number of nitrogens with zero attached hydrogens (tertiary/aromatic N) is 1. The second-order valence-electron chi connectivity index (χ2n) is 8.68. The molecule has 2 aromatic carbocycles. The fraction of sp³-hybridized carbons (Fsp3) is 0.346. The number of carbonyl (C=O) groups excluding carboxylic acids is 2. The van der Waals surface area contributed by atoms with Gasteiger partial charge in [-0.3, -0.25) is 9.59 Å². The Morgan fingerprint density at radius 3 is 2.21 bits per heavy atom. The van der Waals surface area contributed by atoms with Crippen molar-refractivity contribution in [3.8, 4) is 11.1 Å².